The molecule has 1 aromatic carbocycles. The molecule has 21 heavy (non-hydrogen) atoms. The highest BCUT2D eigenvalue weighted by Gasteiger charge is 2.33. The molecule has 0 aliphatic carbocycles. The van der Waals surface area contributed by atoms with Crippen molar-refractivity contribution in [2.45, 2.75) is 11.5 Å². The summed E-state index contributed by atoms with van der Waals surface area (Å²) >= 11 is 4.22. The van der Waals surface area contributed by atoms with Crippen molar-refractivity contribution in [2.24, 2.45) is 10.2 Å². The number of carbonyl (C=O) groups excluding carboxylic acids is 1. The van der Waals surface area contributed by atoms with Crippen molar-refractivity contribution in [3.63, 3.8) is 0 Å². The third-order valence-electron chi connectivity index (χ3n) is 2.52. The number of rotatable bonds is 3. The summed E-state index contributed by atoms with van der Waals surface area (Å²) in [5.41, 5.74) is -0.269. The SMILES string of the molecule is O=C1CSC(=NN=Cc2ccc(CBr)c(C(F)(F)F)c2)N1. The maximum Gasteiger partial charge on any atom is 0.416 e. The highest BCUT2D eigenvalue weighted by molar-refractivity contribution is 9.08. The molecule has 112 valence electrons. The lowest BCUT2D eigenvalue weighted by Crippen LogP contribution is -2.19. The predicted molar refractivity (Wildman–Crippen MR) is 79.7 cm³/mol. The van der Waals surface area contributed by atoms with Crippen LogP contribution in [-0.2, 0) is 16.3 Å². The number of hydrogen-bond acceptors (Lipinski definition) is 4. The fourth-order valence-corrected chi connectivity index (χ4v) is 2.70. The van der Waals surface area contributed by atoms with Gasteiger partial charge in [0.15, 0.2) is 5.17 Å². The first kappa shape index (κ1) is 16.0. The molecule has 0 aromatic heterocycles. The van der Waals surface area contributed by atoms with Crippen LogP contribution in [0.15, 0.2) is 28.4 Å². The molecule has 0 spiro atoms. The van der Waals surface area contributed by atoms with Gasteiger partial charge >= 0.3 is 6.18 Å². The molecule has 4 nitrogen and oxygen atoms in total. The largest absolute Gasteiger partial charge is 0.416 e. The van der Waals surface area contributed by atoms with Gasteiger partial charge in [0.1, 0.15) is 0 Å². The summed E-state index contributed by atoms with van der Waals surface area (Å²) in [4.78, 5) is 10.9. The Balaban J connectivity index is 2.19. The summed E-state index contributed by atoms with van der Waals surface area (Å²) in [7, 11) is 0. The van der Waals surface area contributed by atoms with Crippen LogP contribution in [-0.4, -0.2) is 23.0 Å². The van der Waals surface area contributed by atoms with Gasteiger partial charge in [0, 0.05) is 5.33 Å². The van der Waals surface area contributed by atoms with Gasteiger partial charge in [0.2, 0.25) is 5.91 Å². The maximum absolute atomic E-state index is 12.9. The third-order valence-corrected chi connectivity index (χ3v) is 3.99. The molecule has 1 aliphatic rings. The van der Waals surface area contributed by atoms with Crippen LogP contribution in [0.4, 0.5) is 13.2 Å². The number of amides is 1. The van der Waals surface area contributed by atoms with Crippen LogP contribution in [0.1, 0.15) is 16.7 Å². The average Bonchev–Trinajstić information content (AvgIpc) is 2.83. The van der Waals surface area contributed by atoms with E-state index in [-0.39, 0.29) is 28.1 Å². The van der Waals surface area contributed by atoms with Crippen molar-refractivity contribution >= 4 is 45.0 Å². The quantitative estimate of drug-likeness (QED) is 0.498. The second-order valence-electron chi connectivity index (χ2n) is 4.03. The topological polar surface area (TPSA) is 53.8 Å². The van der Waals surface area contributed by atoms with E-state index < -0.39 is 11.7 Å². The van der Waals surface area contributed by atoms with Gasteiger partial charge in [-0.2, -0.15) is 18.3 Å². The van der Waals surface area contributed by atoms with Crippen LogP contribution in [0.3, 0.4) is 0 Å². The highest BCUT2D eigenvalue weighted by atomic mass is 79.9. The van der Waals surface area contributed by atoms with E-state index in [4.69, 9.17) is 0 Å². The number of alkyl halides is 4. The molecular weight excluding hydrogens is 371 g/mol. The summed E-state index contributed by atoms with van der Waals surface area (Å²) in [6.07, 6.45) is -3.21. The number of carbonyl (C=O) groups is 1. The van der Waals surface area contributed by atoms with Crippen LogP contribution < -0.4 is 5.32 Å². The molecule has 0 radical (unpaired) electrons. The van der Waals surface area contributed by atoms with Gasteiger partial charge in [-0.05, 0) is 17.2 Å². The summed E-state index contributed by atoms with van der Waals surface area (Å²) in [5, 5.41) is 10.3. The lowest BCUT2D eigenvalue weighted by molar-refractivity contribution is -0.138. The first-order valence-corrected chi connectivity index (χ1v) is 7.80. The lowest BCUT2D eigenvalue weighted by atomic mass is 10.1. The molecule has 1 heterocycles. The molecule has 2 rings (SSSR count). The first-order valence-electron chi connectivity index (χ1n) is 5.70. The predicted octanol–water partition coefficient (Wildman–Crippen LogP) is 3.15. The number of nitrogens with one attached hydrogen (secondary N) is 1. The number of halogens is 4. The van der Waals surface area contributed by atoms with Gasteiger partial charge < -0.3 is 5.32 Å². The van der Waals surface area contributed by atoms with Gasteiger partial charge in [-0.3, -0.25) is 4.79 Å². The van der Waals surface area contributed by atoms with Crippen molar-refractivity contribution in [3.8, 4) is 0 Å². The van der Waals surface area contributed by atoms with E-state index in [1.807, 2.05) is 0 Å². The van der Waals surface area contributed by atoms with Gasteiger partial charge in [-0.1, -0.05) is 39.8 Å². The second-order valence-corrected chi connectivity index (χ2v) is 5.56. The van der Waals surface area contributed by atoms with Crippen molar-refractivity contribution in [1.82, 2.24) is 5.32 Å². The van der Waals surface area contributed by atoms with E-state index in [1.54, 1.807) is 0 Å². The van der Waals surface area contributed by atoms with Crippen molar-refractivity contribution in [2.75, 3.05) is 5.75 Å². The van der Waals surface area contributed by atoms with Crippen LogP contribution in [0.25, 0.3) is 0 Å². The minimum absolute atomic E-state index is 0.115. The zero-order valence-corrected chi connectivity index (χ0v) is 12.8. The Morgan fingerprint density at radius 3 is 2.76 bits per heavy atom. The van der Waals surface area contributed by atoms with Gasteiger partial charge in [0.05, 0.1) is 17.5 Å². The van der Waals surface area contributed by atoms with Gasteiger partial charge in [-0.25, -0.2) is 0 Å². The Labute approximate surface area is 131 Å². The number of amidine groups is 1. The molecule has 1 amide bonds. The zero-order valence-electron chi connectivity index (χ0n) is 10.4. The Bertz CT molecular complexity index is 616. The Morgan fingerprint density at radius 2 is 2.19 bits per heavy atom. The molecule has 1 fully saturated rings. The molecule has 0 bridgehead atoms. The van der Waals surface area contributed by atoms with Crippen molar-refractivity contribution in [3.05, 3.63) is 34.9 Å². The lowest BCUT2D eigenvalue weighted by Gasteiger charge is -2.11. The molecular formula is C12H9BrF3N3OS. The van der Waals surface area contributed by atoms with Crippen LogP contribution >= 0.6 is 27.7 Å². The average molecular weight is 380 g/mol. The van der Waals surface area contributed by atoms with Crippen LogP contribution in [0.2, 0.25) is 0 Å². The first-order chi connectivity index (χ1) is 9.90. The fraction of sp³-hybridized carbons (Fsp3) is 0.250. The standard InChI is InChI=1S/C12H9BrF3N3OS/c13-4-8-2-1-7(3-9(8)12(14,15)16)5-17-19-11-18-10(20)6-21-11/h1-3,5H,4,6H2,(H,18,19,20). The molecule has 1 aliphatic heterocycles. The smallest absolute Gasteiger partial charge is 0.303 e. The van der Waals surface area contributed by atoms with E-state index in [2.05, 4.69) is 31.4 Å². The van der Waals surface area contributed by atoms with E-state index >= 15 is 0 Å². The summed E-state index contributed by atoms with van der Waals surface area (Å²) in [6, 6.07) is 3.93. The monoisotopic (exact) mass is 379 g/mol. The number of hydrogen-bond donors (Lipinski definition) is 1. The number of thioether (sulfide) groups is 1. The number of benzene rings is 1. The van der Waals surface area contributed by atoms with E-state index in [9.17, 15) is 18.0 Å². The van der Waals surface area contributed by atoms with E-state index in [0.717, 1.165) is 6.07 Å². The minimum Gasteiger partial charge on any atom is -0.303 e. The molecule has 0 saturated carbocycles. The Morgan fingerprint density at radius 1 is 1.43 bits per heavy atom. The van der Waals surface area contributed by atoms with Crippen molar-refractivity contribution in [1.29, 1.82) is 0 Å². The molecule has 9 heteroatoms. The molecule has 1 N–H and O–H groups in total. The maximum atomic E-state index is 12.9. The fourth-order valence-electron chi connectivity index (χ4n) is 1.58. The highest BCUT2D eigenvalue weighted by Crippen LogP contribution is 2.33. The minimum atomic E-state index is -4.42. The normalized spacial score (nSPS) is 17.7. The number of nitrogens with zero attached hydrogens (tertiary/aromatic N) is 2. The Hall–Kier alpha value is -1.35. The van der Waals surface area contributed by atoms with Gasteiger partial charge in [-0.15, -0.1) is 5.10 Å². The summed E-state index contributed by atoms with van der Waals surface area (Å²) in [6.45, 7) is 0. The Kier molecular flexibility index (Phi) is 5.04. The zero-order chi connectivity index (χ0) is 15.5. The molecule has 1 aromatic rings. The summed E-state index contributed by atoms with van der Waals surface area (Å²) in [5.74, 6) is 0.0990. The molecule has 1 saturated heterocycles. The van der Waals surface area contributed by atoms with Crippen LogP contribution in [0.5, 0.6) is 0 Å². The molecule has 0 unspecified atom stereocenters. The van der Waals surface area contributed by atoms with Crippen molar-refractivity contribution < 1.29 is 18.0 Å². The van der Waals surface area contributed by atoms with E-state index in [0.29, 0.717) is 5.17 Å². The molecule has 0 atom stereocenters. The van der Waals surface area contributed by atoms with Crippen LogP contribution in [0, 0.1) is 0 Å². The third kappa shape index (κ3) is 4.31. The van der Waals surface area contributed by atoms with Gasteiger partial charge in [0.25, 0.3) is 0 Å². The summed E-state index contributed by atoms with van der Waals surface area (Å²) < 4.78 is 38.6. The second kappa shape index (κ2) is 6.61. The van der Waals surface area contributed by atoms with E-state index in [1.165, 1.54) is 30.1 Å².